The van der Waals surface area contributed by atoms with Gasteiger partial charge in [0.1, 0.15) is 5.82 Å². The van der Waals surface area contributed by atoms with Crippen LogP contribution in [0.5, 0.6) is 0 Å². The van der Waals surface area contributed by atoms with Crippen LogP contribution in [0.15, 0.2) is 12.1 Å². The van der Waals surface area contributed by atoms with Crippen LogP contribution in [-0.4, -0.2) is 35.7 Å². The first kappa shape index (κ1) is 11.3. The summed E-state index contributed by atoms with van der Waals surface area (Å²) in [5.74, 6) is 1.50. The Bertz CT molecular complexity index is 450. The highest BCUT2D eigenvalue weighted by Crippen LogP contribution is 2.38. The summed E-state index contributed by atoms with van der Waals surface area (Å²) in [6, 6.07) is 3.67. The Morgan fingerprint density at radius 1 is 1.28 bits per heavy atom. The van der Waals surface area contributed by atoms with Crippen LogP contribution in [0, 0.1) is 5.41 Å². The van der Waals surface area contributed by atoms with Crippen LogP contribution in [-0.2, 0) is 4.79 Å². The maximum Gasteiger partial charge on any atom is 0.220 e. The Balaban J connectivity index is 1.66. The van der Waals surface area contributed by atoms with Crippen LogP contribution in [0.4, 0.5) is 11.6 Å². The SMILES string of the molecule is Nc1ccc(N2CCC3(CC2)CNC(=O)C3)nn1. The molecule has 2 saturated heterocycles. The summed E-state index contributed by atoms with van der Waals surface area (Å²) in [5.41, 5.74) is 5.70. The number of carbonyl (C=O) groups is 1. The Morgan fingerprint density at radius 3 is 2.61 bits per heavy atom. The van der Waals surface area contributed by atoms with Crippen molar-refractivity contribution in [2.24, 2.45) is 5.41 Å². The summed E-state index contributed by atoms with van der Waals surface area (Å²) in [4.78, 5) is 13.6. The standard InChI is InChI=1S/C12H17N5O/c13-9-1-2-10(16-15-9)17-5-3-12(4-6-17)7-11(18)14-8-12/h1-2H,3-8H2,(H2,13,15)(H,14,18). The number of nitrogen functional groups attached to an aromatic ring is 1. The molecular weight excluding hydrogens is 230 g/mol. The minimum Gasteiger partial charge on any atom is -0.382 e. The van der Waals surface area contributed by atoms with E-state index in [1.54, 1.807) is 6.07 Å². The number of carbonyl (C=O) groups excluding carboxylic acids is 1. The van der Waals surface area contributed by atoms with E-state index in [1.165, 1.54) is 0 Å². The number of nitrogens with two attached hydrogens (primary N) is 1. The van der Waals surface area contributed by atoms with Crippen molar-refractivity contribution in [1.29, 1.82) is 0 Å². The number of nitrogens with one attached hydrogen (secondary N) is 1. The van der Waals surface area contributed by atoms with Gasteiger partial charge in [0, 0.05) is 26.1 Å². The van der Waals surface area contributed by atoms with E-state index in [9.17, 15) is 4.79 Å². The molecule has 6 heteroatoms. The van der Waals surface area contributed by atoms with Gasteiger partial charge in [0.05, 0.1) is 0 Å². The van der Waals surface area contributed by atoms with Crippen molar-refractivity contribution in [3.8, 4) is 0 Å². The van der Waals surface area contributed by atoms with Crippen molar-refractivity contribution in [2.45, 2.75) is 19.3 Å². The first-order chi connectivity index (χ1) is 8.67. The van der Waals surface area contributed by atoms with Gasteiger partial charge in [0.15, 0.2) is 5.82 Å². The second-order valence-electron chi connectivity index (χ2n) is 5.26. The monoisotopic (exact) mass is 247 g/mol. The summed E-state index contributed by atoms with van der Waals surface area (Å²) in [7, 11) is 0. The second kappa shape index (κ2) is 4.12. The number of hydrogen-bond donors (Lipinski definition) is 2. The van der Waals surface area contributed by atoms with E-state index >= 15 is 0 Å². The number of nitrogens with zero attached hydrogens (tertiary/aromatic N) is 3. The normalized spacial score (nSPS) is 22.2. The Morgan fingerprint density at radius 2 is 2.06 bits per heavy atom. The summed E-state index contributed by atoms with van der Waals surface area (Å²) < 4.78 is 0. The summed E-state index contributed by atoms with van der Waals surface area (Å²) >= 11 is 0. The molecule has 96 valence electrons. The van der Waals surface area contributed by atoms with Gasteiger partial charge in [-0.15, -0.1) is 10.2 Å². The average molecular weight is 247 g/mol. The zero-order valence-corrected chi connectivity index (χ0v) is 10.2. The van der Waals surface area contributed by atoms with Crippen molar-refractivity contribution >= 4 is 17.5 Å². The van der Waals surface area contributed by atoms with E-state index in [0.717, 1.165) is 38.3 Å². The molecule has 1 amide bonds. The highest BCUT2D eigenvalue weighted by Gasteiger charge is 2.41. The highest BCUT2D eigenvalue weighted by molar-refractivity contribution is 5.79. The van der Waals surface area contributed by atoms with Gasteiger partial charge in [-0.25, -0.2) is 0 Å². The number of piperidine rings is 1. The molecule has 2 aliphatic rings. The minimum atomic E-state index is 0.175. The Labute approximate surface area is 106 Å². The van der Waals surface area contributed by atoms with Gasteiger partial charge in [-0.1, -0.05) is 0 Å². The fraction of sp³-hybridized carbons (Fsp3) is 0.583. The first-order valence-corrected chi connectivity index (χ1v) is 6.28. The van der Waals surface area contributed by atoms with Gasteiger partial charge in [0.25, 0.3) is 0 Å². The molecule has 2 fully saturated rings. The molecule has 3 rings (SSSR count). The lowest BCUT2D eigenvalue weighted by molar-refractivity contribution is -0.119. The third-order valence-electron chi connectivity index (χ3n) is 4.02. The van der Waals surface area contributed by atoms with Gasteiger partial charge >= 0.3 is 0 Å². The summed E-state index contributed by atoms with van der Waals surface area (Å²) in [6.07, 6.45) is 2.73. The van der Waals surface area contributed by atoms with Crippen molar-refractivity contribution in [1.82, 2.24) is 15.5 Å². The number of anilines is 2. The molecule has 1 aromatic rings. The van der Waals surface area contributed by atoms with Crippen molar-refractivity contribution in [3.05, 3.63) is 12.1 Å². The van der Waals surface area contributed by atoms with Gasteiger partial charge in [0.2, 0.25) is 5.91 Å². The zero-order chi connectivity index (χ0) is 12.6. The number of rotatable bonds is 1. The Hall–Kier alpha value is -1.85. The second-order valence-corrected chi connectivity index (χ2v) is 5.26. The predicted molar refractivity (Wildman–Crippen MR) is 68.0 cm³/mol. The van der Waals surface area contributed by atoms with Crippen LogP contribution in [0.3, 0.4) is 0 Å². The molecule has 18 heavy (non-hydrogen) atoms. The van der Waals surface area contributed by atoms with Gasteiger partial charge in [-0.2, -0.15) is 0 Å². The largest absolute Gasteiger partial charge is 0.382 e. The Kier molecular flexibility index (Phi) is 2.57. The average Bonchev–Trinajstić information content (AvgIpc) is 2.73. The van der Waals surface area contributed by atoms with E-state index in [0.29, 0.717) is 12.2 Å². The van der Waals surface area contributed by atoms with Crippen molar-refractivity contribution < 1.29 is 4.79 Å². The van der Waals surface area contributed by atoms with Crippen molar-refractivity contribution in [3.63, 3.8) is 0 Å². The molecule has 2 aliphatic heterocycles. The lowest BCUT2D eigenvalue weighted by atomic mass is 9.78. The lowest BCUT2D eigenvalue weighted by Crippen LogP contribution is -2.41. The van der Waals surface area contributed by atoms with Gasteiger partial charge in [-0.05, 0) is 30.4 Å². The quantitative estimate of drug-likeness (QED) is 0.738. The van der Waals surface area contributed by atoms with Crippen LogP contribution in [0.2, 0.25) is 0 Å². The molecule has 0 atom stereocenters. The van der Waals surface area contributed by atoms with E-state index in [2.05, 4.69) is 20.4 Å². The highest BCUT2D eigenvalue weighted by atomic mass is 16.1. The topological polar surface area (TPSA) is 84.1 Å². The molecule has 0 radical (unpaired) electrons. The van der Waals surface area contributed by atoms with Gasteiger partial charge in [-0.3, -0.25) is 4.79 Å². The van der Waals surface area contributed by atoms with Crippen LogP contribution >= 0.6 is 0 Å². The molecular formula is C12H17N5O. The van der Waals surface area contributed by atoms with Gasteiger partial charge < -0.3 is 16.0 Å². The smallest absolute Gasteiger partial charge is 0.220 e. The number of amides is 1. The van der Waals surface area contributed by atoms with Crippen LogP contribution in [0.1, 0.15) is 19.3 Å². The maximum absolute atomic E-state index is 11.3. The van der Waals surface area contributed by atoms with Crippen LogP contribution in [0.25, 0.3) is 0 Å². The molecule has 6 nitrogen and oxygen atoms in total. The van der Waals surface area contributed by atoms with E-state index in [1.807, 2.05) is 6.07 Å². The zero-order valence-electron chi connectivity index (χ0n) is 10.2. The summed E-state index contributed by atoms with van der Waals surface area (Å²) in [5, 5.41) is 10.9. The molecule has 0 unspecified atom stereocenters. The van der Waals surface area contributed by atoms with E-state index in [4.69, 9.17) is 5.73 Å². The number of aromatic nitrogens is 2. The van der Waals surface area contributed by atoms with E-state index < -0.39 is 0 Å². The first-order valence-electron chi connectivity index (χ1n) is 6.28. The third kappa shape index (κ3) is 1.98. The molecule has 3 N–H and O–H groups in total. The van der Waals surface area contributed by atoms with E-state index in [-0.39, 0.29) is 11.3 Å². The summed E-state index contributed by atoms with van der Waals surface area (Å²) in [6.45, 7) is 2.67. The minimum absolute atomic E-state index is 0.175. The predicted octanol–water partition coefficient (Wildman–Crippen LogP) is 0.165. The molecule has 1 spiro atoms. The van der Waals surface area contributed by atoms with Crippen molar-refractivity contribution in [2.75, 3.05) is 30.3 Å². The molecule has 1 aromatic heterocycles. The molecule has 0 aliphatic carbocycles. The fourth-order valence-electron chi connectivity index (χ4n) is 2.82. The fourth-order valence-corrected chi connectivity index (χ4v) is 2.82. The maximum atomic E-state index is 11.3. The van der Waals surface area contributed by atoms with Crippen LogP contribution < -0.4 is 16.0 Å². The molecule has 0 saturated carbocycles. The molecule has 0 bridgehead atoms. The number of hydrogen-bond acceptors (Lipinski definition) is 5. The lowest BCUT2D eigenvalue weighted by Gasteiger charge is -2.38. The molecule has 0 aromatic carbocycles. The third-order valence-corrected chi connectivity index (χ3v) is 4.02. The molecule has 3 heterocycles.